The summed E-state index contributed by atoms with van der Waals surface area (Å²) in [6.45, 7) is 4.37. The Kier molecular flexibility index (Phi) is 4.96. The molecule has 1 aromatic rings. The zero-order valence-corrected chi connectivity index (χ0v) is 11.1. The summed E-state index contributed by atoms with van der Waals surface area (Å²) in [6.07, 6.45) is 0.631. The van der Waals surface area contributed by atoms with Crippen LogP contribution in [0.3, 0.4) is 0 Å². The van der Waals surface area contributed by atoms with Gasteiger partial charge in [-0.05, 0) is 37.6 Å². The van der Waals surface area contributed by atoms with Crippen LogP contribution < -0.4 is 11.1 Å². The van der Waals surface area contributed by atoms with E-state index in [-0.39, 0.29) is 11.8 Å². The van der Waals surface area contributed by atoms with Crippen molar-refractivity contribution < 1.29 is 8.42 Å². The van der Waals surface area contributed by atoms with E-state index in [1.54, 1.807) is 24.3 Å². The number of nitrogens with one attached hydrogen (secondary N) is 1. The van der Waals surface area contributed by atoms with Crippen LogP contribution in [0.15, 0.2) is 29.2 Å². The van der Waals surface area contributed by atoms with Crippen molar-refractivity contribution >= 4 is 15.5 Å². The summed E-state index contributed by atoms with van der Waals surface area (Å²) in [6, 6.07) is 6.99. The summed E-state index contributed by atoms with van der Waals surface area (Å²) in [7, 11) is -3.11. The normalized spacial score (nSPS) is 13.4. The first kappa shape index (κ1) is 14.0. The van der Waals surface area contributed by atoms with E-state index in [2.05, 4.69) is 5.32 Å². The van der Waals surface area contributed by atoms with Crippen molar-refractivity contribution in [3.05, 3.63) is 24.3 Å². The van der Waals surface area contributed by atoms with Gasteiger partial charge in [-0.15, -0.1) is 0 Å². The highest BCUT2D eigenvalue weighted by Crippen LogP contribution is 2.16. The molecule has 0 aliphatic rings. The summed E-state index contributed by atoms with van der Waals surface area (Å²) in [5, 5.41) is 3.18. The highest BCUT2D eigenvalue weighted by Gasteiger charge is 2.12. The third-order valence-corrected chi connectivity index (χ3v) is 4.39. The average Bonchev–Trinajstić information content (AvgIpc) is 2.29. The molecule has 0 saturated carbocycles. The van der Waals surface area contributed by atoms with E-state index in [0.717, 1.165) is 5.69 Å². The first-order valence-electron chi connectivity index (χ1n) is 5.79. The van der Waals surface area contributed by atoms with E-state index in [9.17, 15) is 8.42 Å². The molecule has 1 rings (SSSR count). The standard InChI is InChI=1S/C12H20N2O2S/c1-3-8-17(15,16)12-6-4-11(5-7-12)14-10(2)9-13/h4-7,10,14H,3,8-9,13H2,1-2H3. The van der Waals surface area contributed by atoms with Gasteiger partial charge in [-0.2, -0.15) is 0 Å². The van der Waals surface area contributed by atoms with Crippen molar-refractivity contribution in [2.75, 3.05) is 17.6 Å². The Morgan fingerprint density at radius 3 is 2.35 bits per heavy atom. The molecule has 0 saturated heterocycles. The third kappa shape index (κ3) is 4.02. The SMILES string of the molecule is CCCS(=O)(=O)c1ccc(NC(C)CN)cc1. The molecular weight excluding hydrogens is 236 g/mol. The van der Waals surface area contributed by atoms with Crippen LogP contribution in [-0.2, 0) is 9.84 Å². The third-order valence-electron chi connectivity index (χ3n) is 2.45. The minimum atomic E-state index is -3.11. The van der Waals surface area contributed by atoms with E-state index in [0.29, 0.717) is 17.9 Å². The Morgan fingerprint density at radius 2 is 1.88 bits per heavy atom. The maximum absolute atomic E-state index is 11.8. The van der Waals surface area contributed by atoms with Crippen LogP contribution in [-0.4, -0.2) is 26.8 Å². The molecule has 0 fully saturated rings. The van der Waals surface area contributed by atoms with Gasteiger partial charge in [0.15, 0.2) is 9.84 Å². The fourth-order valence-corrected chi connectivity index (χ4v) is 2.81. The lowest BCUT2D eigenvalue weighted by atomic mass is 10.2. The van der Waals surface area contributed by atoms with E-state index >= 15 is 0 Å². The fraction of sp³-hybridized carbons (Fsp3) is 0.500. The molecule has 0 spiro atoms. The van der Waals surface area contributed by atoms with E-state index < -0.39 is 9.84 Å². The van der Waals surface area contributed by atoms with Gasteiger partial charge in [0, 0.05) is 18.3 Å². The van der Waals surface area contributed by atoms with Crippen LogP contribution in [0.5, 0.6) is 0 Å². The number of sulfone groups is 1. The number of nitrogens with two attached hydrogens (primary N) is 1. The second-order valence-corrected chi connectivity index (χ2v) is 6.23. The molecule has 0 amide bonds. The molecule has 4 nitrogen and oxygen atoms in total. The van der Waals surface area contributed by atoms with Crippen molar-refractivity contribution in [3.8, 4) is 0 Å². The second-order valence-electron chi connectivity index (χ2n) is 4.12. The summed E-state index contributed by atoms with van der Waals surface area (Å²) >= 11 is 0. The van der Waals surface area contributed by atoms with Gasteiger partial charge in [-0.3, -0.25) is 0 Å². The van der Waals surface area contributed by atoms with Crippen LogP contribution in [0.2, 0.25) is 0 Å². The molecule has 1 unspecified atom stereocenters. The number of hydrogen-bond acceptors (Lipinski definition) is 4. The molecule has 17 heavy (non-hydrogen) atoms. The lowest BCUT2D eigenvalue weighted by molar-refractivity contribution is 0.595. The van der Waals surface area contributed by atoms with Crippen LogP contribution in [0.4, 0.5) is 5.69 Å². The highest BCUT2D eigenvalue weighted by molar-refractivity contribution is 7.91. The monoisotopic (exact) mass is 256 g/mol. The van der Waals surface area contributed by atoms with Crippen molar-refractivity contribution in [1.82, 2.24) is 0 Å². The van der Waals surface area contributed by atoms with Crippen LogP contribution in [0.25, 0.3) is 0 Å². The summed E-state index contributed by atoms with van der Waals surface area (Å²) in [5.41, 5.74) is 6.39. The van der Waals surface area contributed by atoms with Gasteiger partial charge >= 0.3 is 0 Å². The largest absolute Gasteiger partial charge is 0.381 e. The molecule has 0 bridgehead atoms. The first-order valence-corrected chi connectivity index (χ1v) is 7.44. The molecule has 3 N–H and O–H groups in total. The Bertz CT molecular complexity index is 440. The second kappa shape index (κ2) is 6.02. The molecule has 1 atom stereocenters. The molecule has 1 aromatic carbocycles. The van der Waals surface area contributed by atoms with E-state index in [1.165, 1.54) is 0 Å². The maximum atomic E-state index is 11.8. The quantitative estimate of drug-likeness (QED) is 0.811. The lowest BCUT2D eigenvalue weighted by Gasteiger charge is -2.13. The number of benzene rings is 1. The molecule has 0 aliphatic carbocycles. The zero-order chi connectivity index (χ0) is 12.9. The Morgan fingerprint density at radius 1 is 1.29 bits per heavy atom. The lowest BCUT2D eigenvalue weighted by Crippen LogP contribution is -2.25. The van der Waals surface area contributed by atoms with E-state index in [1.807, 2.05) is 13.8 Å². The fourth-order valence-electron chi connectivity index (χ4n) is 1.49. The summed E-state index contributed by atoms with van der Waals surface area (Å²) in [5.74, 6) is 0.193. The first-order chi connectivity index (χ1) is 7.99. The van der Waals surface area contributed by atoms with Crippen LogP contribution in [0, 0.1) is 0 Å². The smallest absolute Gasteiger partial charge is 0.178 e. The van der Waals surface area contributed by atoms with Crippen LogP contribution >= 0.6 is 0 Å². The van der Waals surface area contributed by atoms with Gasteiger partial charge in [0.2, 0.25) is 0 Å². The minimum Gasteiger partial charge on any atom is -0.381 e. The Balaban J connectivity index is 2.81. The predicted molar refractivity (Wildman–Crippen MR) is 70.9 cm³/mol. The topological polar surface area (TPSA) is 72.2 Å². The summed E-state index contributed by atoms with van der Waals surface area (Å²) in [4.78, 5) is 0.380. The van der Waals surface area contributed by atoms with Crippen molar-refractivity contribution in [1.29, 1.82) is 0 Å². The molecule has 96 valence electrons. The highest BCUT2D eigenvalue weighted by atomic mass is 32.2. The maximum Gasteiger partial charge on any atom is 0.178 e. The number of rotatable bonds is 6. The van der Waals surface area contributed by atoms with Gasteiger partial charge in [0.05, 0.1) is 10.6 Å². The predicted octanol–water partition coefficient (Wildman–Crippen LogP) is 1.63. The van der Waals surface area contributed by atoms with E-state index in [4.69, 9.17) is 5.73 Å². The molecule has 0 aliphatic heterocycles. The zero-order valence-electron chi connectivity index (χ0n) is 10.3. The molecule has 0 aromatic heterocycles. The number of anilines is 1. The number of hydrogen-bond donors (Lipinski definition) is 2. The van der Waals surface area contributed by atoms with Gasteiger partial charge in [-0.1, -0.05) is 6.92 Å². The minimum absolute atomic E-state index is 0.174. The van der Waals surface area contributed by atoms with Crippen molar-refractivity contribution in [2.45, 2.75) is 31.2 Å². The van der Waals surface area contributed by atoms with Crippen LogP contribution in [0.1, 0.15) is 20.3 Å². The Hall–Kier alpha value is -1.07. The van der Waals surface area contributed by atoms with Crippen molar-refractivity contribution in [2.24, 2.45) is 5.73 Å². The molecule has 0 radical (unpaired) electrons. The van der Waals surface area contributed by atoms with Gasteiger partial charge in [-0.25, -0.2) is 8.42 Å². The molecule has 5 heteroatoms. The van der Waals surface area contributed by atoms with Gasteiger partial charge in [0.25, 0.3) is 0 Å². The van der Waals surface area contributed by atoms with Gasteiger partial charge in [0.1, 0.15) is 0 Å². The summed E-state index contributed by atoms with van der Waals surface area (Å²) < 4.78 is 23.6. The van der Waals surface area contributed by atoms with Crippen molar-refractivity contribution in [3.63, 3.8) is 0 Å². The molecular formula is C12H20N2O2S. The van der Waals surface area contributed by atoms with Gasteiger partial charge < -0.3 is 11.1 Å². The molecule has 0 heterocycles. The average molecular weight is 256 g/mol. The Labute approximate surface area is 103 Å².